The Bertz CT molecular complexity index is 545. The topological polar surface area (TPSA) is 75.3 Å². The maximum atomic E-state index is 10.7. The lowest BCUT2D eigenvalue weighted by Gasteiger charge is -2.01. The van der Waals surface area contributed by atoms with Crippen LogP contribution in [0, 0.1) is 0 Å². The minimum Gasteiger partial charge on any atom is -0.288 e. The van der Waals surface area contributed by atoms with Crippen molar-refractivity contribution in [3.05, 3.63) is 29.0 Å². The van der Waals surface area contributed by atoms with E-state index in [4.69, 9.17) is 16.2 Å². The third kappa shape index (κ3) is 5.81. The van der Waals surface area contributed by atoms with E-state index in [0.717, 1.165) is 0 Å². The van der Waals surface area contributed by atoms with Crippen molar-refractivity contribution in [2.75, 3.05) is 5.75 Å². The van der Waals surface area contributed by atoms with E-state index in [0.29, 0.717) is 17.9 Å². The third-order valence-corrected chi connectivity index (χ3v) is 3.86. The molecule has 1 N–H and O–H groups in total. The fourth-order valence-corrected chi connectivity index (χ4v) is 2.85. The predicted octanol–water partition coefficient (Wildman–Crippen LogP) is 1.30. The summed E-state index contributed by atoms with van der Waals surface area (Å²) in [5, 5.41) is 0.313. The highest BCUT2D eigenvalue weighted by molar-refractivity contribution is 8.13. The average Bonchev–Trinajstić information content (AvgIpc) is 2.19. The number of halogens is 1. The summed E-state index contributed by atoms with van der Waals surface area (Å²) in [6, 6.07) is 1.54. The summed E-state index contributed by atoms with van der Waals surface area (Å²) in [4.78, 5) is 10.7. The molecule has 0 aromatic carbocycles. The Balaban J connectivity index is 2.70. The van der Waals surface area contributed by atoms with E-state index in [-0.39, 0.29) is 10.1 Å². The average molecular weight is 311 g/mol. The van der Waals surface area contributed by atoms with Crippen molar-refractivity contribution in [2.24, 2.45) is 0 Å². The lowest BCUT2D eigenvalue weighted by Crippen LogP contribution is -2.34. The number of nitrogens with zero attached hydrogens (tertiary/aromatic N) is 1. The van der Waals surface area contributed by atoms with Crippen LogP contribution in [0.1, 0.15) is 12.5 Å². The van der Waals surface area contributed by atoms with E-state index in [1.807, 2.05) is 0 Å². The maximum Gasteiger partial charge on any atom is 0.269 e. The molecule has 5 nitrogen and oxygen atoms in total. The van der Waals surface area contributed by atoms with Crippen molar-refractivity contribution in [3.8, 4) is 0 Å². The summed E-state index contributed by atoms with van der Waals surface area (Å²) in [5.41, 5.74) is 0.342. The summed E-state index contributed by atoms with van der Waals surface area (Å²) in [6.07, 6.45) is 3.23. The molecule has 0 aliphatic rings. The second-order valence-electron chi connectivity index (χ2n) is 3.62. The molecule has 0 atom stereocenters. The maximum absolute atomic E-state index is 10.7. The van der Waals surface area contributed by atoms with Crippen LogP contribution in [-0.4, -0.2) is 23.8 Å². The molecule has 0 bridgehead atoms. The van der Waals surface area contributed by atoms with Gasteiger partial charge >= 0.3 is 0 Å². The van der Waals surface area contributed by atoms with Crippen LogP contribution in [0.4, 0.5) is 0 Å². The predicted molar refractivity (Wildman–Crippen MR) is 70.0 cm³/mol. The molecule has 0 aliphatic heterocycles. The van der Waals surface area contributed by atoms with Crippen LogP contribution in [0.15, 0.2) is 18.5 Å². The van der Waals surface area contributed by atoms with Crippen molar-refractivity contribution in [3.63, 3.8) is 0 Å². The van der Waals surface area contributed by atoms with E-state index in [1.165, 1.54) is 24.8 Å². The Morgan fingerprint density at radius 1 is 1.56 bits per heavy atom. The Hall–Kier alpha value is -0.630. The van der Waals surface area contributed by atoms with Gasteiger partial charge in [-0.05, 0) is 0 Å². The van der Waals surface area contributed by atoms with Gasteiger partial charge in [-0.15, -0.1) is 0 Å². The highest BCUT2D eigenvalue weighted by Crippen LogP contribution is 2.15. The highest BCUT2D eigenvalue weighted by atomic mass is 35.5. The van der Waals surface area contributed by atoms with Crippen molar-refractivity contribution in [2.45, 2.75) is 19.2 Å². The van der Waals surface area contributed by atoms with Gasteiger partial charge in [0.1, 0.15) is 10.8 Å². The SMILES string of the molecule is CC(=O)SCC[n+]1ccc(CS(=O)(=O)O)c(Cl)c1. The number of hydrogen-bond donors (Lipinski definition) is 1. The van der Waals surface area contributed by atoms with Gasteiger partial charge in [0.05, 0.1) is 5.75 Å². The standard InChI is InChI=1S/C10H12ClNO4S2/c1-8(13)17-5-4-12-3-2-9(10(11)6-12)7-18(14,15)16/h2-3,6H,4-5,7H2,1H3/p+1. The van der Waals surface area contributed by atoms with Gasteiger partial charge in [-0.2, -0.15) is 8.42 Å². The third-order valence-electron chi connectivity index (χ3n) is 2.05. The number of hydrogen-bond acceptors (Lipinski definition) is 4. The molecule has 0 unspecified atom stereocenters. The van der Waals surface area contributed by atoms with Crippen LogP contribution in [0.25, 0.3) is 0 Å². The summed E-state index contributed by atoms with van der Waals surface area (Å²) in [7, 11) is -4.08. The van der Waals surface area contributed by atoms with Gasteiger partial charge in [0.15, 0.2) is 24.1 Å². The monoisotopic (exact) mass is 310 g/mol. The molecule has 1 aromatic rings. The quantitative estimate of drug-likeness (QED) is 0.655. The number of pyridine rings is 1. The normalized spacial score (nSPS) is 11.5. The molecule has 0 amide bonds. The van der Waals surface area contributed by atoms with Gasteiger partial charge in [-0.25, -0.2) is 4.57 Å². The van der Waals surface area contributed by atoms with E-state index in [9.17, 15) is 13.2 Å². The molecule has 0 radical (unpaired) electrons. The second kappa shape index (κ2) is 6.51. The van der Waals surface area contributed by atoms with E-state index < -0.39 is 15.9 Å². The zero-order chi connectivity index (χ0) is 13.8. The van der Waals surface area contributed by atoms with E-state index in [2.05, 4.69) is 0 Å². The second-order valence-corrected chi connectivity index (χ2v) is 6.75. The molecule has 0 saturated carbocycles. The molecular formula is C10H13ClNO4S2+. The van der Waals surface area contributed by atoms with Crippen molar-refractivity contribution in [1.29, 1.82) is 0 Å². The molecule has 1 aromatic heterocycles. The smallest absolute Gasteiger partial charge is 0.269 e. The fraction of sp³-hybridized carbons (Fsp3) is 0.400. The first kappa shape index (κ1) is 15.4. The largest absolute Gasteiger partial charge is 0.288 e. The number of carbonyl (C=O) groups excluding carboxylic acids is 1. The van der Waals surface area contributed by atoms with Gasteiger partial charge in [0.2, 0.25) is 0 Å². The van der Waals surface area contributed by atoms with E-state index >= 15 is 0 Å². The lowest BCUT2D eigenvalue weighted by atomic mass is 10.3. The number of carbonyl (C=O) groups is 1. The highest BCUT2D eigenvalue weighted by Gasteiger charge is 2.13. The van der Waals surface area contributed by atoms with Crippen LogP contribution < -0.4 is 4.57 Å². The van der Waals surface area contributed by atoms with Crippen molar-refractivity contribution in [1.82, 2.24) is 0 Å². The minimum atomic E-state index is -4.08. The number of aryl methyl sites for hydroxylation is 1. The molecule has 100 valence electrons. The molecule has 1 heterocycles. The minimum absolute atomic E-state index is 0.0460. The van der Waals surface area contributed by atoms with Gasteiger partial charge in [-0.3, -0.25) is 9.35 Å². The Morgan fingerprint density at radius 2 is 2.22 bits per heavy atom. The summed E-state index contributed by atoms with van der Waals surface area (Å²) in [6.45, 7) is 2.09. The van der Waals surface area contributed by atoms with Crippen LogP contribution in [-0.2, 0) is 27.2 Å². The van der Waals surface area contributed by atoms with Crippen molar-refractivity contribution < 1.29 is 22.3 Å². The van der Waals surface area contributed by atoms with Gasteiger partial charge in [-0.1, -0.05) is 23.4 Å². The number of thioether (sulfide) groups is 1. The van der Waals surface area contributed by atoms with Gasteiger partial charge < -0.3 is 0 Å². The van der Waals surface area contributed by atoms with Crippen LogP contribution in [0.2, 0.25) is 5.02 Å². The summed E-state index contributed by atoms with van der Waals surface area (Å²) < 4.78 is 32.0. The van der Waals surface area contributed by atoms with Gasteiger partial charge in [0, 0.05) is 18.6 Å². The Kier molecular flexibility index (Phi) is 5.58. The van der Waals surface area contributed by atoms with Crippen LogP contribution in [0.5, 0.6) is 0 Å². The molecule has 0 saturated heterocycles. The number of rotatable bonds is 5. The number of aromatic nitrogens is 1. The molecular weight excluding hydrogens is 298 g/mol. The zero-order valence-electron chi connectivity index (χ0n) is 9.67. The van der Waals surface area contributed by atoms with Crippen molar-refractivity contribution >= 4 is 38.6 Å². The Labute approximate surface area is 115 Å². The van der Waals surface area contributed by atoms with Crippen LogP contribution in [0.3, 0.4) is 0 Å². The zero-order valence-corrected chi connectivity index (χ0v) is 12.1. The first-order valence-electron chi connectivity index (χ1n) is 5.04. The summed E-state index contributed by atoms with van der Waals surface area (Å²) in [5.74, 6) is 0.114. The summed E-state index contributed by atoms with van der Waals surface area (Å²) >= 11 is 7.11. The Morgan fingerprint density at radius 3 is 2.72 bits per heavy atom. The molecule has 0 spiro atoms. The molecule has 18 heavy (non-hydrogen) atoms. The first-order chi connectivity index (χ1) is 8.28. The van der Waals surface area contributed by atoms with E-state index in [1.54, 1.807) is 17.0 Å². The first-order valence-corrected chi connectivity index (χ1v) is 8.01. The fourth-order valence-electron chi connectivity index (χ4n) is 1.28. The van der Waals surface area contributed by atoms with Gasteiger partial charge in [0.25, 0.3) is 10.1 Å². The molecule has 0 aliphatic carbocycles. The molecule has 1 rings (SSSR count). The van der Waals surface area contributed by atoms with Crippen LogP contribution >= 0.6 is 23.4 Å². The molecule has 0 fully saturated rings. The molecule has 8 heteroatoms. The lowest BCUT2D eigenvalue weighted by molar-refractivity contribution is -0.692.